The van der Waals surface area contributed by atoms with Crippen LogP contribution in [0.15, 0.2) is 59.8 Å². The normalized spacial score (nSPS) is 15.3. The maximum atomic E-state index is 12.9. The van der Waals surface area contributed by atoms with Crippen LogP contribution in [0.1, 0.15) is 0 Å². The van der Waals surface area contributed by atoms with E-state index in [9.17, 15) is 18.5 Å². The summed E-state index contributed by atoms with van der Waals surface area (Å²) in [5, 5.41) is 12.5. The van der Waals surface area contributed by atoms with Crippen molar-refractivity contribution in [2.45, 2.75) is 4.90 Å². The first-order chi connectivity index (χ1) is 14.4. The fraction of sp³-hybridized carbons (Fsp3) is 0.250. The van der Waals surface area contributed by atoms with E-state index in [0.29, 0.717) is 37.3 Å². The van der Waals surface area contributed by atoms with Crippen LogP contribution in [0.5, 0.6) is 5.75 Å². The van der Waals surface area contributed by atoms with Gasteiger partial charge >= 0.3 is 0 Å². The third-order valence-corrected chi connectivity index (χ3v) is 7.16. The number of piperazine rings is 1. The number of benzene rings is 2. The Balaban J connectivity index is 1.56. The first-order valence-corrected chi connectivity index (χ1v) is 10.8. The van der Waals surface area contributed by atoms with Gasteiger partial charge in [-0.3, -0.25) is 15.1 Å². The topological polar surface area (TPSA) is 106 Å². The standard InChI is InChI=1S/C20H20N4O5S/c1-29-15-2-4-16(5-3-15)30(27,28)23-12-10-22(11-13-23)19-6-7-20(24(25)26)18-14-21-9-8-17(18)19/h2-9,14H,10-13H2,1H3. The molecule has 0 aliphatic carbocycles. The van der Waals surface area contributed by atoms with E-state index >= 15 is 0 Å². The van der Waals surface area contributed by atoms with Crippen molar-refractivity contribution in [3.63, 3.8) is 0 Å². The lowest BCUT2D eigenvalue weighted by Crippen LogP contribution is -2.48. The lowest BCUT2D eigenvalue weighted by atomic mass is 10.1. The Hall–Kier alpha value is -3.24. The van der Waals surface area contributed by atoms with Crippen molar-refractivity contribution in [3.8, 4) is 5.75 Å². The second-order valence-electron chi connectivity index (χ2n) is 6.85. The zero-order chi connectivity index (χ0) is 21.3. The number of ether oxygens (including phenoxy) is 1. The van der Waals surface area contributed by atoms with Crippen LogP contribution in [0.25, 0.3) is 10.8 Å². The van der Waals surface area contributed by atoms with Gasteiger partial charge in [-0.1, -0.05) is 0 Å². The van der Waals surface area contributed by atoms with E-state index in [2.05, 4.69) is 4.98 Å². The molecule has 0 saturated carbocycles. The van der Waals surface area contributed by atoms with Gasteiger partial charge in [-0.05, 0) is 36.4 Å². The molecule has 0 radical (unpaired) electrons. The van der Waals surface area contributed by atoms with Crippen molar-refractivity contribution in [1.82, 2.24) is 9.29 Å². The number of aromatic nitrogens is 1. The number of nitrogens with zero attached hydrogens (tertiary/aromatic N) is 4. The average molecular weight is 428 g/mol. The van der Waals surface area contributed by atoms with Crippen molar-refractivity contribution >= 4 is 32.2 Å². The van der Waals surface area contributed by atoms with E-state index in [4.69, 9.17) is 4.74 Å². The summed E-state index contributed by atoms with van der Waals surface area (Å²) < 4.78 is 32.4. The summed E-state index contributed by atoms with van der Waals surface area (Å²) in [6.07, 6.45) is 3.08. The smallest absolute Gasteiger partial charge is 0.278 e. The fourth-order valence-corrected chi connectivity index (χ4v) is 5.08. The average Bonchev–Trinajstić information content (AvgIpc) is 2.78. The van der Waals surface area contributed by atoms with Crippen LogP contribution in [0.4, 0.5) is 11.4 Å². The summed E-state index contributed by atoms with van der Waals surface area (Å²) in [6.45, 7) is 1.59. The molecule has 156 valence electrons. The first kappa shape index (κ1) is 20.0. The highest BCUT2D eigenvalue weighted by Gasteiger charge is 2.29. The van der Waals surface area contributed by atoms with Crippen LogP contribution < -0.4 is 9.64 Å². The van der Waals surface area contributed by atoms with Gasteiger partial charge in [0.15, 0.2) is 0 Å². The van der Waals surface area contributed by atoms with Gasteiger partial charge in [0, 0.05) is 55.7 Å². The van der Waals surface area contributed by atoms with Crippen molar-refractivity contribution in [2.75, 3.05) is 38.2 Å². The largest absolute Gasteiger partial charge is 0.497 e. The second-order valence-corrected chi connectivity index (χ2v) is 8.79. The molecule has 0 bridgehead atoms. The highest BCUT2D eigenvalue weighted by molar-refractivity contribution is 7.89. The Labute approximate surface area is 173 Å². The molecule has 30 heavy (non-hydrogen) atoms. The quantitative estimate of drug-likeness (QED) is 0.454. The molecule has 9 nitrogen and oxygen atoms in total. The number of hydrogen-bond acceptors (Lipinski definition) is 7. The molecule has 0 spiro atoms. The molecule has 1 aromatic heterocycles. The molecule has 1 aliphatic rings. The third kappa shape index (κ3) is 3.55. The minimum atomic E-state index is -3.60. The van der Waals surface area contributed by atoms with Crippen molar-refractivity contribution in [2.24, 2.45) is 0 Å². The summed E-state index contributed by atoms with van der Waals surface area (Å²) in [4.78, 5) is 17.2. The van der Waals surface area contributed by atoms with Gasteiger partial charge in [0.05, 0.1) is 22.3 Å². The lowest BCUT2D eigenvalue weighted by molar-refractivity contribution is -0.383. The van der Waals surface area contributed by atoms with Crippen LogP contribution in [-0.4, -0.2) is 55.9 Å². The minimum Gasteiger partial charge on any atom is -0.497 e. The lowest BCUT2D eigenvalue weighted by Gasteiger charge is -2.35. The first-order valence-electron chi connectivity index (χ1n) is 9.32. The van der Waals surface area contributed by atoms with E-state index < -0.39 is 14.9 Å². The molecule has 0 atom stereocenters. The zero-order valence-corrected chi connectivity index (χ0v) is 17.1. The van der Waals surface area contributed by atoms with E-state index in [1.807, 2.05) is 4.90 Å². The minimum absolute atomic E-state index is 0.00238. The maximum absolute atomic E-state index is 12.9. The van der Waals surface area contributed by atoms with Crippen LogP contribution >= 0.6 is 0 Å². The zero-order valence-electron chi connectivity index (χ0n) is 16.3. The number of methoxy groups -OCH3 is 1. The predicted molar refractivity (Wildman–Crippen MR) is 112 cm³/mol. The van der Waals surface area contributed by atoms with Gasteiger partial charge in [0.1, 0.15) is 5.75 Å². The van der Waals surface area contributed by atoms with Crippen molar-refractivity contribution in [3.05, 3.63) is 65.0 Å². The SMILES string of the molecule is COc1ccc(S(=O)(=O)N2CCN(c3ccc([N+](=O)[O-])c4cnccc34)CC2)cc1. The highest BCUT2D eigenvalue weighted by Crippen LogP contribution is 2.33. The number of nitro groups is 1. The summed E-state index contributed by atoms with van der Waals surface area (Å²) in [7, 11) is -2.07. The van der Waals surface area contributed by atoms with Gasteiger partial charge in [-0.2, -0.15) is 4.31 Å². The number of anilines is 1. The Bertz CT molecular complexity index is 1190. The maximum Gasteiger partial charge on any atom is 0.278 e. The van der Waals surface area contributed by atoms with E-state index in [0.717, 1.165) is 11.1 Å². The molecule has 1 aliphatic heterocycles. The monoisotopic (exact) mass is 428 g/mol. The Morgan fingerprint density at radius 1 is 1.00 bits per heavy atom. The van der Waals surface area contributed by atoms with Crippen LogP contribution in [0.2, 0.25) is 0 Å². The fourth-order valence-electron chi connectivity index (χ4n) is 3.66. The molecule has 1 saturated heterocycles. The molecule has 4 rings (SSSR count). The van der Waals surface area contributed by atoms with Gasteiger partial charge < -0.3 is 9.64 Å². The number of non-ortho nitro benzene ring substituents is 1. The van der Waals surface area contributed by atoms with Gasteiger partial charge in [-0.15, -0.1) is 0 Å². The molecule has 3 aromatic rings. The number of pyridine rings is 1. The molecule has 1 fully saturated rings. The Morgan fingerprint density at radius 2 is 1.70 bits per heavy atom. The molecular formula is C20H20N4O5S. The molecule has 0 N–H and O–H groups in total. The van der Waals surface area contributed by atoms with Gasteiger partial charge in [-0.25, -0.2) is 8.42 Å². The van der Waals surface area contributed by atoms with Crippen LogP contribution in [0.3, 0.4) is 0 Å². The predicted octanol–water partition coefficient (Wildman–Crippen LogP) is 2.66. The summed E-state index contributed by atoms with van der Waals surface area (Å²) in [5.74, 6) is 0.596. The Kier molecular flexibility index (Phi) is 5.27. The van der Waals surface area contributed by atoms with Gasteiger partial charge in [0.25, 0.3) is 5.69 Å². The molecule has 0 unspecified atom stereocenters. The third-order valence-electron chi connectivity index (χ3n) is 5.25. The molecular weight excluding hydrogens is 408 g/mol. The molecule has 0 amide bonds. The van der Waals surface area contributed by atoms with E-state index in [-0.39, 0.29) is 10.6 Å². The summed E-state index contributed by atoms with van der Waals surface area (Å²) in [6, 6.07) is 11.3. The van der Waals surface area contributed by atoms with Gasteiger partial charge in [0.2, 0.25) is 10.0 Å². The van der Waals surface area contributed by atoms with Crippen molar-refractivity contribution < 1.29 is 18.1 Å². The number of sulfonamides is 1. The van der Waals surface area contributed by atoms with Crippen molar-refractivity contribution in [1.29, 1.82) is 0 Å². The molecule has 2 heterocycles. The highest BCUT2D eigenvalue weighted by atomic mass is 32.2. The molecule has 10 heteroatoms. The second kappa shape index (κ2) is 7.88. The summed E-state index contributed by atoms with van der Waals surface area (Å²) >= 11 is 0. The van der Waals surface area contributed by atoms with E-state index in [1.165, 1.54) is 35.8 Å². The number of nitro benzene ring substituents is 1. The summed E-state index contributed by atoms with van der Waals surface area (Å²) in [5.41, 5.74) is 0.835. The van der Waals surface area contributed by atoms with Crippen LogP contribution in [-0.2, 0) is 10.0 Å². The Morgan fingerprint density at radius 3 is 2.33 bits per heavy atom. The van der Waals surface area contributed by atoms with Crippen LogP contribution in [0, 0.1) is 10.1 Å². The van der Waals surface area contributed by atoms with E-state index in [1.54, 1.807) is 30.5 Å². The molecule has 2 aromatic carbocycles. The number of rotatable bonds is 5. The number of fused-ring (bicyclic) bond motifs is 1. The number of hydrogen-bond donors (Lipinski definition) is 0.